The van der Waals surface area contributed by atoms with Gasteiger partial charge in [-0.25, -0.2) is 9.37 Å². The fraction of sp³-hybridized carbons (Fsp3) is 0.368. The average molecular weight is 341 g/mol. The number of anilines is 1. The van der Waals surface area contributed by atoms with E-state index in [2.05, 4.69) is 15.5 Å². The zero-order chi connectivity index (χ0) is 17.4. The minimum absolute atomic E-state index is 0.196. The molecule has 0 saturated heterocycles. The smallest absolute Gasteiger partial charge is 0.208 e. The van der Waals surface area contributed by atoms with Crippen molar-refractivity contribution >= 4 is 16.8 Å². The Kier molecular flexibility index (Phi) is 4.13. The second-order valence-electron chi connectivity index (χ2n) is 6.66. The molecule has 1 aliphatic carbocycles. The molecule has 1 aromatic carbocycles. The van der Waals surface area contributed by atoms with Crippen LogP contribution in [-0.4, -0.2) is 27.4 Å². The molecule has 130 valence electrons. The van der Waals surface area contributed by atoms with E-state index in [4.69, 9.17) is 4.52 Å². The van der Waals surface area contributed by atoms with E-state index < -0.39 is 0 Å². The molecule has 0 atom stereocenters. The molecule has 2 heterocycles. The predicted octanol–water partition coefficient (Wildman–Crippen LogP) is 4.05. The first-order chi connectivity index (χ1) is 12.1. The topological polar surface area (TPSA) is 71.2 Å². The number of benzene rings is 1. The number of hydrogen-bond donors (Lipinski definition) is 2. The van der Waals surface area contributed by atoms with E-state index in [1.54, 1.807) is 12.1 Å². The molecule has 25 heavy (non-hydrogen) atoms. The lowest BCUT2D eigenvalue weighted by atomic mass is 9.93. The van der Waals surface area contributed by atoms with Crippen molar-refractivity contribution in [1.29, 1.82) is 0 Å². The highest BCUT2D eigenvalue weighted by Crippen LogP contribution is 2.32. The summed E-state index contributed by atoms with van der Waals surface area (Å²) in [6.07, 6.45) is 3.21. The van der Waals surface area contributed by atoms with Gasteiger partial charge in [-0.15, -0.1) is 0 Å². The Bertz CT molecular complexity index is 884. The number of halogens is 1. The maximum Gasteiger partial charge on any atom is 0.208 e. The van der Waals surface area contributed by atoms with Gasteiger partial charge in [-0.1, -0.05) is 5.16 Å². The van der Waals surface area contributed by atoms with Crippen LogP contribution in [0.4, 0.5) is 10.1 Å². The maximum atomic E-state index is 13.2. The van der Waals surface area contributed by atoms with E-state index in [9.17, 15) is 9.50 Å². The van der Waals surface area contributed by atoms with Crippen molar-refractivity contribution in [1.82, 2.24) is 10.1 Å². The Labute approximate surface area is 144 Å². The molecule has 3 aromatic rings. The number of pyridine rings is 1. The van der Waals surface area contributed by atoms with Gasteiger partial charge in [0.1, 0.15) is 17.0 Å². The van der Waals surface area contributed by atoms with Gasteiger partial charge >= 0.3 is 0 Å². The van der Waals surface area contributed by atoms with Gasteiger partial charge in [0.25, 0.3) is 0 Å². The quantitative estimate of drug-likeness (QED) is 0.752. The van der Waals surface area contributed by atoms with Gasteiger partial charge in [0.15, 0.2) is 0 Å². The van der Waals surface area contributed by atoms with Crippen LogP contribution >= 0.6 is 0 Å². The fourth-order valence-electron chi connectivity index (χ4n) is 3.34. The van der Waals surface area contributed by atoms with Crippen LogP contribution in [-0.2, 0) is 0 Å². The minimum Gasteiger partial charge on any atom is -0.393 e. The monoisotopic (exact) mass is 341 g/mol. The Morgan fingerprint density at radius 1 is 1.16 bits per heavy atom. The molecular weight excluding hydrogens is 321 g/mol. The number of aliphatic hydroxyl groups excluding tert-OH is 1. The van der Waals surface area contributed by atoms with E-state index in [0.717, 1.165) is 48.3 Å². The zero-order valence-electron chi connectivity index (χ0n) is 14.0. The summed E-state index contributed by atoms with van der Waals surface area (Å²) in [4.78, 5) is 4.64. The largest absolute Gasteiger partial charge is 0.393 e. The molecule has 1 saturated carbocycles. The van der Waals surface area contributed by atoms with Crippen molar-refractivity contribution in [2.75, 3.05) is 5.32 Å². The summed E-state index contributed by atoms with van der Waals surface area (Å²) in [7, 11) is 0. The number of nitrogens with one attached hydrogen (secondary N) is 1. The summed E-state index contributed by atoms with van der Waals surface area (Å²) >= 11 is 0. The average Bonchev–Trinajstić information content (AvgIpc) is 2.99. The number of rotatable bonds is 3. The predicted molar refractivity (Wildman–Crippen MR) is 93.8 cm³/mol. The molecule has 0 aliphatic heterocycles. The molecule has 2 N–H and O–H groups in total. The molecule has 1 aliphatic rings. The van der Waals surface area contributed by atoms with Gasteiger partial charge in [-0.3, -0.25) is 0 Å². The number of aromatic nitrogens is 2. The van der Waals surface area contributed by atoms with Crippen LogP contribution in [0.3, 0.4) is 0 Å². The van der Waals surface area contributed by atoms with E-state index in [0.29, 0.717) is 11.1 Å². The Morgan fingerprint density at radius 2 is 1.88 bits per heavy atom. The summed E-state index contributed by atoms with van der Waals surface area (Å²) in [5.41, 5.74) is 4.49. The number of hydrogen-bond acceptors (Lipinski definition) is 5. The van der Waals surface area contributed by atoms with Crippen LogP contribution < -0.4 is 5.32 Å². The first-order valence-corrected chi connectivity index (χ1v) is 8.58. The highest BCUT2D eigenvalue weighted by Gasteiger charge is 2.22. The van der Waals surface area contributed by atoms with E-state index >= 15 is 0 Å². The lowest BCUT2D eigenvalue weighted by molar-refractivity contribution is 0.126. The zero-order valence-corrected chi connectivity index (χ0v) is 14.0. The van der Waals surface area contributed by atoms with Crippen molar-refractivity contribution in [2.45, 2.75) is 44.8 Å². The standard InChI is InChI=1S/C19H20FN3O2/c1-11-18-19(25-23-11)17(21-14-6-8-15(24)9-7-14)10-16(22-18)12-2-4-13(20)5-3-12/h2-5,10,14-15,24H,6-9H2,1H3,(H,21,22). The molecule has 0 amide bonds. The van der Waals surface area contributed by atoms with Crippen LogP contribution in [0.2, 0.25) is 0 Å². The first kappa shape index (κ1) is 16.0. The minimum atomic E-state index is -0.273. The van der Waals surface area contributed by atoms with Crippen LogP contribution in [0, 0.1) is 12.7 Å². The summed E-state index contributed by atoms with van der Waals surface area (Å²) in [5, 5.41) is 17.2. The van der Waals surface area contributed by atoms with Crippen molar-refractivity contribution < 1.29 is 14.0 Å². The van der Waals surface area contributed by atoms with E-state index in [1.807, 2.05) is 13.0 Å². The molecule has 4 rings (SSSR count). The molecule has 0 radical (unpaired) electrons. The second-order valence-corrected chi connectivity index (χ2v) is 6.66. The van der Waals surface area contributed by atoms with Crippen LogP contribution in [0.15, 0.2) is 34.9 Å². The summed E-state index contributed by atoms with van der Waals surface area (Å²) in [6.45, 7) is 1.86. The number of nitrogens with zero attached hydrogens (tertiary/aromatic N) is 2. The molecule has 6 heteroatoms. The van der Waals surface area contributed by atoms with Crippen LogP contribution in [0.5, 0.6) is 0 Å². The Morgan fingerprint density at radius 3 is 2.60 bits per heavy atom. The normalized spacial score (nSPS) is 20.8. The molecule has 5 nitrogen and oxygen atoms in total. The third-order valence-corrected chi connectivity index (χ3v) is 4.79. The second kappa shape index (κ2) is 6.44. The van der Waals surface area contributed by atoms with E-state index in [-0.39, 0.29) is 18.0 Å². The summed E-state index contributed by atoms with van der Waals surface area (Å²) < 4.78 is 18.7. The Hall–Kier alpha value is -2.47. The molecule has 2 aromatic heterocycles. The van der Waals surface area contributed by atoms with Crippen molar-refractivity contribution in [3.8, 4) is 11.3 Å². The van der Waals surface area contributed by atoms with Gasteiger partial charge in [0, 0.05) is 11.6 Å². The third kappa shape index (κ3) is 3.22. The maximum absolute atomic E-state index is 13.2. The highest BCUT2D eigenvalue weighted by molar-refractivity contribution is 5.90. The van der Waals surface area contributed by atoms with Gasteiger partial charge in [-0.2, -0.15) is 0 Å². The SMILES string of the molecule is Cc1noc2c(NC3CCC(O)CC3)cc(-c3ccc(F)cc3)nc12. The third-order valence-electron chi connectivity index (χ3n) is 4.79. The summed E-state index contributed by atoms with van der Waals surface area (Å²) in [6, 6.07) is 8.49. The Balaban J connectivity index is 1.73. The number of aryl methyl sites for hydroxylation is 1. The van der Waals surface area contributed by atoms with Gasteiger partial charge in [0.2, 0.25) is 5.58 Å². The first-order valence-electron chi connectivity index (χ1n) is 8.58. The lowest BCUT2D eigenvalue weighted by Crippen LogP contribution is -2.28. The lowest BCUT2D eigenvalue weighted by Gasteiger charge is -2.27. The molecule has 1 fully saturated rings. The summed E-state index contributed by atoms with van der Waals surface area (Å²) in [5.74, 6) is -0.273. The molecule has 0 bridgehead atoms. The van der Waals surface area contributed by atoms with Crippen molar-refractivity contribution in [2.24, 2.45) is 0 Å². The molecular formula is C19H20FN3O2. The van der Waals surface area contributed by atoms with Crippen LogP contribution in [0.25, 0.3) is 22.4 Å². The van der Waals surface area contributed by atoms with Gasteiger partial charge in [0.05, 0.1) is 17.5 Å². The molecule has 0 spiro atoms. The van der Waals surface area contributed by atoms with Crippen LogP contribution in [0.1, 0.15) is 31.4 Å². The number of aliphatic hydroxyl groups is 1. The highest BCUT2D eigenvalue weighted by atomic mass is 19.1. The van der Waals surface area contributed by atoms with Crippen molar-refractivity contribution in [3.63, 3.8) is 0 Å². The van der Waals surface area contributed by atoms with Gasteiger partial charge < -0.3 is 14.9 Å². The van der Waals surface area contributed by atoms with Crippen molar-refractivity contribution in [3.05, 3.63) is 41.8 Å². The van der Waals surface area contributed by atoms with Gasteiger partial charge in [-0.05, 0) is 62.9 Å². The van der Waals surface area contributed by atoms with E-state index in [1.165, 1.54) is 12.1 Å². The fourth-order valence-corrected chi connectivity index (χ4v) is 3.34. The number of fused-ring (bicyclic) bond motifs is 1. The molecule has 0 unspecified atom stereocenters.